The normalized spacial score (nSPS) is 10.8. The molecule has 1 aromatic heterocycles. The van der Waals surface area contributed by atoms with Gasteiger partial charge in [-0.3, -0.25) is 4.79 Å². The van der Waals surface area contributed by atoms with Gasteiger partial charge in [-0.25, -0.2) is 10.4 Å². The van der Waals surface area contributed by atoms with Crippen LogP contribution >= 0.6 is 11.3 Å². The van der Waals surface area contributed by atoms with Gasteiger partial charge in [-0.15, -0.1) is 11.3 Å². The van der Waals surface area contributed by atoms with Crippen LogP contribution in [0.4, 0.5) is 0 Å². The van der Waals surface area contributed by atoms with Crippen molar-refractivity contribution in [1.29, 1.82) is 0 Å². The van der Waals surface area contributed by atoms with Gasteiger partial charge in [0.05, 0.1) is 24.0 Å². The second kappa shape index (κ2) is 9.14. The summed E-state index contributed by atoms with van der Waals surface area (Å²) < 4.78 is 11.2. The average molecular weight is 395 g/mol. The Hall–Kier alpha value is -3.19. The van der Waals surface area contributed by atoms with E-state index in [9.17, 15) is 4.79 Å². The summed E-state index contributed by atoms with van der Waals surface area (Å²) in [5.74, 6) is 0.941. The summed E-state index contributed by atoms with van der Waals surface area (Å²) in [5.41, 5.74) is 5.83. The molecule has 0 atom stereocenters. The molecule has 1 amide bonds. The number of ether oxygens (including phenoxy) is 2. The van der Waals surface area contributed by atoms with E-state index < -0.39 is 0 Å². The van der Waals surface area contributed by atoms with Gasteiger partial charge in [0, 0.05) is 10.9 Å². The minimum Gasteiger partial charge on any atom is -0.493 e. The zero-order valence-electron chi connectivity index (χ0n) is 15.9. The van der Waals surface area contributed by atoms with Crippen LogP contribution in [0.5, 0.6) is 11.5 Å². The van der Waals surface area contributed by atoms with Crippen molar-refractivity contribution in [2.45, 2.75) is 20.5 Å². The number of hydrogen-bond donors (Lipinski definition) is 1. The average Bonchev–Trinajstić information content (AvgIpc) is 3.12. The van der Waals surface area contributed by atoms with Crippen LogP contribution in [0.2, 0.25) is 0 Å². The Balaban J connectivity index is 1.61. The molecule has 2 aromatic carbocycles. The maximum atomic E-state index is 12.1. The van der Waals surface area contributed by atoms with Crippen molar-refractivity contribution in [3.63, 3.8) is 0 Å². The number of hydrazone groups is 1. The summed E-state index contributed by atoms with van der Waals surface area (Å²) in [6, 6.07) is 12.7. The fourth-order valence-electron chi connectivity index (χ4n) is 2.44. The number of carbonyl (C=O) groups is 1. The molecule has 1 heterocycles. The smallest absolute Gasteiger partial charge is 0.271 e. The van der Waals surface area contributed by atoms with E-state index >= 15 is 0 Å². The molecular formula is C21H21N3O3S. The fourth-order valence-corrected chi connectivity index (χ4v) is 3.04. The molecule has 1 N–H and O–H groups in total. The van der Waals surface area contributed by atoms with Gasteiger partial charge in [-0.2, -0.15) is 5.10 Å². The van der Waals surface area contributed by atoms with Crippen molar-refractivity contribution in [3.05, 3.63) is 75.2 Å². The van der Waals surface area contributed by atoms with Crippen LogP contribution in [0.25, 0.3) is 0 Å². The van der Waals surface area contributed by atoms with E-state index in [2.05, 4.69) is 15.5 Å². The molecule has 0 radical (unpaired) electrons. The SMILES string of the molecule is COc1cc(/C=N\NC(=O)c2ccc(C)cc2)ccc1OCc1csc(C)n1. The molecule has 3 rings (SSSR count). The van der Waals surface area contributed by atoms with Crippen LogP contribution in [-0.4, -0.2) is 24.2 Å². The van der Waals surface area contributed by atoms with Crippen LogP contribution in [-0.2, 0) is 6.61 Å². The molecule has 0 fully saturated rings. The molecule has 0 aliphatic heterocycles. The number of benzene rings is 2. The number of methoxy groups -OCH3 is 1. The van der Waals surface area contributed by atoms with Crippen LogP contribution in [0.15, 0.2) is 52.9 Å². The Bertz CT molecular complexity index is 981. The number of amides is 1. The molecule has 0 aliphatic carbocycles. The van der Waals surface area contributed by atoms with Gasteiger partial charge in [0.1, 0.15) is 6.61 Å². The highest BCUT2D eigenvalue weighted by Gasteiger charge is 2.07. The standard InChI is InChI=1S/C21H21N3O3S/c1-14-4-7-17(8-5-14)21(25)24-22-11-16-6-9-19(20(10-16)26-3)27-12-18-13-28-15(2)23-18/h4-11,13H,12H2,1-3H3,(H,24,25)/b22-11-. The number of rotatable bonds is 7. The van der Waals surface area contributed by atoms with Gasteiger partial charge in [0.25, 0.3) is 5.91 Å². The van der Waals surface area contributed by atoms with Gasteiger partial charge in [0.2, 0.25) is 0 Å². The summed E-state index contributed by atoms with van der Waals surface area (Å²) in [5, 5.41) is 6.99. The molecule has 3 aromatic rings. The highest BCUT2D eigenvalue weighted by molar-refractivity contribution is 7.09. The first-order valence-electron chi connectivity index (χ1n) is 8.67. The zero-order chi connectivity index (χ0) is 19.9. The maximum Gasteiger partial charge on any atom is 0.271 e. The van der Waals surface area contributed by atoms with E-state index in [0.29, 0.717) is 23.7 Å². The maximum absolute atomic E-state index is 12.1. The minimum absolute atomic E-state index is 0.262. The Labute approximate surface area is 167 Å². The van der Waals surface area contributed by atoms with Crippen LogP contribution in [0.3, 0.4) is 0 Å². The van der Waals surface area contributed by atoms with Crippen LogP contribution in [0.1, 0.15) is 32.2 Å². The number of nitrogens with zero attached hydrogens (tertiary/aromatic N) is 2. The van der Waals surface area contributed by atoms with Crippen molar-refractivity contribution in [1.82, 2.24) is 10.4 Å². The molecule has 0 saturated carbocycles. The lowest BCUT2D eigenvalue weighted by Gasteiger charge is -2.10. The van der Waals surface area contributed by atoms with Crippen molar-refractivity contribution >= 4 is 23.5 Å². The summed E-state index contributed by atoms with van der Waals surface area (Å²) in [6.45, 7) is 4.31. The zero-order valence-corrected chi connectivity index (χ0v) is 16.7. The lowest BCUT2D eigenvalue weighted by atomic mass is 10.1. The van der Waals surface area contributed by atoms with E-state index in [4.69, 9.17) is 9.47 Å². The molecule has 0 aliphatic rings. The summed E-state index contributed by atoms with van der Waals surface area (Å²) in [4.78, 5) is 16.4. The monoisotopic (exact) mass is 395 g/mol. The summed E-state index contributed by atoms with van der Waals surface area (Å²) in [7, 11) is 1.58. The van der Waals surface area contributed by atoms with Gasteiger partial charge in [-0.05, 0) is 49.7 Å². The predicted octanol–water partition coefficient (Wildman–Crippen LogP) is 4.11. The van der Waals surface area contributed by atoms with Crippen LogP contribution in [0, 0.1) is 13.8 Å². The molecule has 144 valence electrons. The second-order valence-electron chi connectivity index (χ2n) is 6.12. The number of aromatic nitrogens is 1. The van der Waals surface area contributed by atoms with Gasteiger partial charge >= 0.3 is 0 Å². The predicted molar refractivity (Wildman–Crippen MR) is 110 cm³/mol. The molecule has 6 nitrogen and oxygen atoms in total. The first-order valence-corrected chi connectivity index (χ1v) is 9.55. The van der Waals surface area contributed by atoms with Crippen molar-refractivity contribution in [3.8, 4) is 11.5 Å². The van der Waals surface area contributed by atoms with Gasteiger partial charge in [-0.1, -0.05) is 17.7 Å². The third-order valence-corrected chi connectivity index (χ3v) is 4.75. The quantitative estimate of drug-likeness (QED) is 0.483. The Morgan fingerprint density at radius 1 is 1.18 bits per heavy atom. The number of carbonyl (C=O) groups excluding carboxylic acids is 1. The molecule has 0 unspecified atom stereocenters. The summed E-state index contributed by atoms with van der Waals surface area (Å²) in [6.07, 6.45) is 1.56. The number of aryl methyl sites for hydroxylation is 2. The topological polar surface area (TPSA) is 72.8 Å². The largest absolute Gasteiger partial charge is 0.493 e. The number of thiazole rings is 1. The fraction of sp³-hybridized carbons (Fsp3) is 0.190. The molecule has 28 heavy (non-hydrogen) atoms. The summed E-state index contributed by atoms with van der Waals surface area (Å²) >= 11 is 1.59. The lowest BCUT2D eigenvalue weighted by molar-refractivity contribution is 0.0955. The number of hydrogen-bond acceptors (Lipinski definition) is 6. The van der Waals surface area contributed by atoms with E-state index in [1.54, 1.807) is 48.9 Å². The first kappa shape index (κ1) is 19.6. The van der Waals surface area contributed by atoms with E-state index in [-0.39, 0.29) is 5.91 Å². The number of nitrogens with one attached hydrogen (secondary N) is 1. The second-order valence-corrected chi connectivity index (χ2v) is 7.18. The highest BCUT2D eigenvalue weighted by atomic mass is 32.1. The Morgan fingerprint density at radius 3 is 2.64 bits per heavy atom. The highest BCUT2D eigenvalue weighted by Crippen LogP contribution is 2.28. The lowest BCUT2D eigenvalue weighted by Crippen LogP contribution is -2.17. The van der Waals surface area contributed by atoms with E-state index in [1.807, 2.05) is 37.4 Å². The Morgan fingerprint density at radius 2 is 1.96 bits per heavy atom. The molecule has 0 spiro atoms. The van der Waals surface area contributed by atoms with E-state index in [0.717, 1.165) is 21.8 Å². The molecule has 0 saturated heterocycles. The van der Waals surface area contributed by atoms with E-state index in [1.165, 1.54) is 0 Å². The van der Waals surface area contributed by atoms with Crippen molar-refractivity contribution in [2.24, 2.45) is 5.10 Å². The van der Waals surface area contributed by atoms with Gasteiger partial charge < -0.3 is 9.47 Å². The molecule has 7 heteroatoms. The van der Waals surface area contributed by atoms with Crippen molar-refractivity contribution in [2.75, 3.05) is 7.11 Å². The van der Waals surface area contributed by atoms with Crippen molar-refractivity contribution < 1.29 is 14.3 Å². The third kappa shape index (κ3) is 5.17. The molecule has 0 bridgehead atoms. The third-order valence-electron chi connectivity index (χ3n) is 3.92. The van der Waals surface area contributed by atoms with Gasteiger partial charge in [0.15, 0.2) is 11.5 Å². The Kier molecular flexibility index (Phi) is 6.39. The van der Waals surface area contributed by atoms with Crippen LogP contribution < -0.4 is 14.9 Å². The minimum atomic E-state index is -0.262. The first-order chi connectivity index (χ1) is 13.5. The molecular weight excluding hydrogens is 374 g/mol.